The summed E-state index contributed by atoms with van der Waals surface area (Å²) in [7, 11) is 1.63. The summed E-state index contributed by atoms with van der Waals surface area (Å²) >= 11 is 0. The van der Waals surface area contributed by atoms with Crippen molar-refractivity contribution in [3.63, 3.8) is 0 Å². The molecule has 114 valence electrons. The molecule has 1 aliphatic heterocycles. The smallest absolute Gasteiger partial charge is 0.339 e. The molecule has 7 nitrogen and oxygen atoms in total. The Balaban J connectivity index is 2.00. The lowest BCUT2D eigenvalue weighted by Gasteiger charge is -2.17. The highest BCUT2D eigenvalue weighted by molar-refractivity contribution is 5.95. The molecular formula is C14H18N2O5. The van der Waals surface area contributed by atoms with E-state index in [1.54, 1.807) is 12.0 Å². The molecule has 7 heteroatoms. The third-order valence-corrected chi connectivity index (χ3v) is 3.45. The van der Waals surface area contributed by atoms with E-state index >= 15 is 0 Å². The number of urea groups is 1. The van der Waals surface area contributed by atoms with Crippen LogP contribution in [0.25, 0.3) is 0 Å². The molecule has 1 unspecified atom stereocenters. The molecule has 1 aliphatic rings. The quantitative estimate of drug-likeness (QED) is 0.732. The van der Waals surface area contributed by atoms with Gasteiger partial charge >= 0.3 is 12.0 Å². The molecule has 1 aromatic carbocycles. The Morgan fingerprint density at radius 3 is 2.90 bits per heavy atom. The fraction of sp³-hybridized carbons (Fsp3) is 0.429. The predicted molar refractivity (Wildman–Crippen MR) is 75.6 cm³/mol. The molecule has 21 heavy (non-hydrogen) atoms. The molecule has 0 radical (unpaired) electrons. The maximum atomic E-state index is 12.1. The molecule has 0 spiro atoms. The number of aromatic hydroxyl groups is 1. The number of carboxylic acids is 1. The van der Waals surface area contributed by atoms with Crippen LogP contribution in [0.5, 0.6) is 5.75 Å². The lowest BCUT2D eigenvalue weighted by molar-refractivity contribution is 0.0693. The minimum absolute atomic E-state index is 0.244. The number of methoxy groups -OCH3 is 1. The average molecular weight is 294 g/mol. The van der Waals surface area contributed by atoms with E-state index in [-0.39, 0.29) is 17.3 Å². The standard InChI is InChI=1S/C14H18N2O5/c1-21-8-9-4-5-16(7-9)14(20)15-10-2-3-12(17)11(6-10)13(18)19/h2-3,6,9,17H,4-5,7-8H2,1H3,(H,15,20)(H,18,19). The van der Waals surface area contributed by atoms with Crippen molar-refractivity contribution in [1.29, 1.82) is 0 Å². The number of anilines is 1. The maximum Gasteiger partial charge on any atom is 0.339 e. The Labute approximate surface area is 122 Å². The van der Waals surface area contributed by atoms with Gasteiger partial charge in [0.15, 0.2) is 0 Å². The summed E-state index contributed by atoms with van der Waals surface area (Å²) in [6, 6.07) is 3.66. The Morgan fingerprint density at radius 2 is 2.24 bits per heavy atom. The highest BCUT2D eigenvalue weighted by Gasteiger charge is 2.26. The average Bonchev–Trinajstić information content (AvgIpc) is 2.90. The second kappa shape index (κ2) is 6.45. The van der Waals surface area contributed by atoms with E-state index in [1.165, 1.54) is 18.2 Å². The first kappa shape index (κ1) is 15.1. The second-order valence-corrected chi connectivity index (χ2v) is 5.02. The number of likely N-dealkylation sites (tertiary alicyclic amines) is 1. The van der Waals surface area contributed by atoms with Gasteiger partial charge in [-0.25, -0.2) is 9.59 Å². The van der Waals surface area contributed by atoms with E-state index in [0.717, 1.165) is 6.42 Å². The Kier molecular flexibility index (Phi) is 4.64. The molecule has 1 fully saturated rings. The molecule has 0 saturated carbocycles. The van der Waals surface area contributed by atoms with E-state index in [2.05, 4.69) is 5.32 Å². The van der Waals surface area contributed by atoms with Gasteiger partial charge in [-0.2, -0.15) is 0 Å². The summed E-state index contributed by atoms with van der Waals surface area (Å²) in [4.78, 5) is 24.7. The van der Waals surface area contributed by atoms with Crippen LogP contribution in [0.3, 0.4) is 0 Å². The van der Waals surface area contributed by atoms with Gasteiger partial charge in [0.25, 0.3) is 0 Å². The number of carbonyl (C=O) groups excluding carboxylic acids is 1. The van der Waals surface area contributed by atoms with Gasteiger partial charge in [0.05, 0.1) is 6.61 Å². The maximum absolute atomic E-state index is 12.1. The zero-order chi connectivity index (χ0) is 15.4. The minimum Gasteiger partial charge on any atom is -0.507 e. The van der Waals surface area contributed by atoms with E-state index < -0.39 is 5.97 Å². The van der Waals surface area contributed by atoms with E-state index in [4.69, 9.17) is 9.84 Å². The van der Waals surface area contributed by atoms with Crippen LogP contribution in [0, 0.1) is 5.92 Å². The highest BCUT2D eigenvalue weighted by atomic mass is 16.5. The number of carboxylic acid groups (broad SMARTS) is 1. The topological polar surface area (TPSA) is 99.1 Å². The van der Waals surface area contributed by atoms with Crippen molar-refractivity contribution in [2.75, 3.05) is 32.1 Å². The number of phenols is 1. The summed E-state index contributed by atoms with van der Waals surface area (Å²) in [5.41, 5.74) is 0.0943. The fourth-order valence-electron chi connectivity index (χ4n) is 2.38. The third-order valence-electron chi connectivity index (χ3n) is 3.45. The first-order valence-corrected chi connectivity index (χ1v) is 6.62. The van der Waals surface area contributed by atoms with Crippen LogP contribution < -0.4 is 5.32 Å². The summed E-state index contributed by atoms with van der Waals surface area (Å²) in [6.45, 7) is 1.87. The van der Waals surface area contributed by atoms with Crippen LogP contribution in [0.15, 0.2) is 18.2 Å². The zero-order valence-electron chi connectivity index (χ0n) is 11.7. The van der Waals surface area contributed by atoms with Gasteiger partial charge in [0, 0.05) is 31.8 Å². The molecule has 0 aliphatic carbocycles. The van der Waals surface area contributed by atoms with Gasteiger partial charge in [0.1, 0.15) is 11.3 Å². The lowest BCUT2D eigenvalue weighted by Crippen LogP contribution is -2.33. The Bertz CT molecular complexity index is 546. The van der Waals surface area contributed by atoms with Gasteiger partial charge in [0.2, 0.25) is 0 Å². The van der Waals surface area contributed by atoms with Crippen molar-refractivity contribution < 1.29 is 24.5 Å². The first-order chi connectivity index (χ1) is 10.0. The van der Waals surface area contributed by atoms with Gasteiger partial charge in [-0.05, 0) is 24.6 Å². The number of carbonyl (C=O) groups is 2. The number of amides is 2. The first-order valence-electron chi connectivity index (χ1n) is 6.62. The van der Waals surface area contributed by atoms with Crippen LogP contribution in [-0.4, -0.2) is 53.9 Å². The Hall–Kier alpha value is -2.28. The van der Waals surface area contributed by atoms with Crippen molar-refractivity contribution in [1.82, 2.24) is 4.90 Å². The molecular weight excluding hydrogens is 276 g/mol. The van der Waals surface area contributed by atoms with Gasteiger partial charge in [-0.15, -0.1) is 0 Å². The van der Waals surface area contributed by atoms with Crippen molar-refractivity contribution in [2.24, 2.45) is 5.92 Å². The van der Waals surface area contributed by atoms with Gasteiger partial charge in [-0.3, -0.25) is 0 Å². The summed E-state index contributed by atoms with van der Waals surface area (Å²) in [5, 5.41) is 21.0. The molecule has 1 saturated heterocycles. The molecule has 1 atom stereocenters. The minimum atomic E-state index is -1.25. The molecule has 1 aromatic rings. The van der Waals surface area contributed by atoms with Crippen molar-refractivity contribution in [2.45, 2.75) is 6.42 Å². The summed E-state index contributed by atoms with van der Waals surface area (Å²) in [5.74, 6) is -1.25. The number of nitrogens with zero attached hydrogens (tertiary/aromatic N) is 1. The van der Waals surface area contributed by atoms with Gasteiger partial charge in [-0.1, -0.05) is 0 Å². The summed E-state index contributed by atoms with van der Waals surface area (Å²) < 4.78 is 5.08. The number of benzene rings is 1. The number of hydrogen-bond donors (Lipinski definition) is 3. The fourth-order valence-corrected chi connectivity index (χ4v) is 2.38. The normalized spacial score (nSPS) is 17.8. The number of rotatable bonds is 4. The molecule has 1 heterocycles. The number of aromatic carboxylic acids is 1. The SMILES string of the molecule is COCC1CCN(C(=O)Nc2ccc(O)c(C(=O)O)c2)C1. The molecule has 2 rings (SSSR count). The van der Waals surface area contributed by atoms with Crippen LogP contribution in [0.2, 0.25) is 0 Å². The third kappa shape index (κ3) is 3.63. The number of ether oxygens (including phenoxy) is 1. The van der Waals surface area contributed by atoms with Crippen LogP contribution in [0.4, 0.5) is 10.5 Å². The van der Waals surface area contributed by atoms with Crippen LogP contribution in [0.1, 0.15) is 16.8 Å². The Morgan fingerprint density at radius 1 is 1.48 bits per heavy atom. The van der Waals surface area contributed by atoms with E-state index in [1.807, 2.05) is 0 Å². The van der Waals surface area contributed by atoms with Gasteiger partial charge < -0.3 is 25.2 Å². The van der Waals surface area contributed by atoms with Crippen LogP contribution in [-0.2, 0) is 4.74 Å². The van der Waals surface area contributed by atoms with Crippen molar-refractivity contribution >= 4 is 17.7 Å². The van der Waals surface area contributed by atoms with Crippen LogP contribution >= 0.6 is 0 Å². The largest absolute Gasteiger partial charge is 0.507 e. The molecule has 3 N–H and O–H groups in total. The van der Waals surface area contributed by atoms with Crippen molar-refractivity contribution in [3.8, 4) is 5.75 Å². The molecule has 2 amide bonds. The second-order valence-electron chi connectivity index (χ2n) is 5.02. The number of hydrogen-bond acceptors (Lipinski definition) is 4. The monoisotopic (exact) mass is 294 g/mol. The number of nitrogens with one attached hydrogen (secondary N) is 1. The predicted octanol–water partition coefficient (Wildman–Crippen LogP) is 1.59. The van der Waals surface area contributed by atoms with Crippen molar-refractivity contribution in [3.05, 3.63) is 23.8 Å². The zero-order valence-corrected chi connectivity index (χ0v) is 11.7. The summed E-state index contributed by atoms with van der Waals surface area (Å²) in [6.07, 6.45) is 0.886. The molecule has 0 aromatic heterocycles. The highest BCUT2D eigenvalue weighted by Crippen LogP contribution is 2.23. The van der Waals surface area contributed by atoms with E-state index in [9.17, 15) is 14.7 Å². The van der Waals surface area contributed by atoms with E-state index in [0.29, 0.717) is 31.3 Å². The molecule has 0 bridgehead atoms. The lowest BCUT2D eigenvalue weighted by atomic mass is 10.1.